The molecular weight excluding hydrogens is 406 g/mol. The second kappa shape index (κ2) is 8.81. The van der Waals surface area contributed by atoms with Gasteiger partial charge in [0.1, 0.15) is 6.10 Å². The van der Waals surface area contributed by atoms with E-state index in [1.165, 1.54) is 0 Å². The molecule has 32 heavy (non-hydrogen) atoms. The lowest BCUT2D eigenvalue weighted by Gasteiger charge is -2.25. The standard InChI is InChI=1S/C24H33N5O3/c1-16-18(9-10-23(30)27-11-3-4-12-27)17(2)29-22(25-16)15-19(26-29)20-7-5-13-28(20)24(31)21-8-6-14-32-21/h15,20-21H,3-14H2,1-2H3/t20-,21+/m0/s1. The summed E-state index contributed by atoms with van der Waals surface area (Å²) in [5.41, 5.74) is 4.78. The Labute approximate surface area is 188 Å². The Balaban J connectivity index is 1.37. The number of aromatic nitrogens is 3. The summed E-state index contributed by atoms with van der Waals surface area (Å²) >= 11 is 0. The van der Waals surface area contributed by atoms with E-state index in [1.807, 2.05) is 27.3 Å². The van der Waals surface area contributed by atoms with Crippen LogP contribution in [0.15, 0.2) is 6.07 Å². The van der Waals surface area contributed by atoms with E-state index in [1.54, 1.807) is 0 Å². The van der Waals surface area contributed by atoms with Crippen LogP contribution in [0.1, 0.15) is 73.6 Å². The normalized spacial score (nSPS) is 23.6. The fraction of sp³-hybridized carbons (Fsp3) is 0.667. The van der Waals surface area contributed by atoms with E-state index in [-0.39, 0.29) is 24.0 Å². The van der Waals surface area contributed by atoms with Gasteiger partial charge in [0.2, 0.25) is 5.91 Å². The number of ether oxygens (including phenoxy) is 1. The molecule has 0 saturated carbocycles. The van der Waals surface area contributed by atoms with Gasteiger partial charge in [-0.1, -0.05) is 0 Å². The molecule has 2 aromatic rings. The predicted octanol–water partition coefficient (Wildman–Crippen LogP) is 2.74. The molecule has 2 atom stereocenters. The molecule has 8 nitrogen and oxygen atoms in total. The molecule has 3 saturated heterocycles. The highest BCUT2D eigenvalue weighted by molar-refractivity contribution is 5.82. The van der Waals surface area contributed by atoms with Gasteiger partial charge in [0.25, 0.3) is 5.91 Å². The molecule has 8 heteroatoms. The first-order valence-corrected chi connectivity index (χ1v) is 12.1. The maximum Gasteiger partial charge on any atom is 0.252 e. The van der Waals surface area contributed by atoms with E-state index < -0.39 is 0 Å². The van der Waals surface area contributed by atoms with Crippen LogP contribution < -0.4 is 0 Å². The van der Waals surface area contributed by atoms with Crippen molar-refractivity contribution in [1.82, 2.24) is 24.4 Å². The molecule has 0 radical (unpaired) electrons. The van der Waals surface area contributed by atoms with Crippen molar-refractivity contribution in [3.8, 4) is 0 Å². The number of amides is 2. The monoisotopic (exact) mass is 439 g/mol. The van der Waals surface area contributed by atoms with Crippen LogP contribution in [-0.2, 0) is 20.7 Å². The molecule has 0 unspecified atom stereocenters. The molecule has 0 N–H and O–H groups in total. The van der Waals surface area contributed by atoms with Crippen molar-refractivity contribution in [3.05, 3.63) is 28.7 Å². The molecule has 0 aliphatic carbocycles. The molecule has 0 spiro atoms. The Hall–Kier alpha value is -2.48. The number of rotatable bonds is 5. The molecule has 3 fully saturated rings. The topological polar surface area (TPSA) is 80.0 Å². The number of carbonyl (C=O) groups excluding carboxylic acids is 2. The number of hydrogen-bond acceptors (Lipinski definition) is 5. The average molecular weight is 440 g/mol. The van der Waals surface area contributed by atoms with Gasteiger partial charge in [-0.2, -0.15) is 5.10 Å². The van der Waals surface area contributed by atoms with Crippen LogP contribution in [0.2, 0.25) is 0 Å². The van der Waals surface area contributed by atoms with E-state index in [9.17, 15) is 9.59 Å². The van der Waals surface area contributed by atoms with Crippen molar-refractivity contribution in [3.63, 3.8) is 0 Å². The van der Waals surface area contributed by atoms with Gasteiger partial charge >= 0.3 is 0 Å². The van der Waals surface area contributed by atoms with Gasteiger partial charge in [-0.15, -0.1) is 0 Å². The Morgan fingerprint density at radius 3 is 2.66 bits per heavy atom. The third kappa shape index (κ3) is 3.89. The number of hydrogen-bond donors (Lipinski definition) is 0. The van der Waals surface area contributed by atoms with Crippen LogP contribution in [0.3, 0.4) is 0 Å². The molecule has 3 aliphatic rings. The van der Waals surface area contributed by atoms with Gasteiger partial charge in [-0.25, -0.2) is 9.50 Å². The third-order valence-corrected chi connectivity index (χ3v) is 7.31. The second-order valence-corrected chi connectivity index (χ2v) is 9.38. The van der Waals surface area contributed by atoms with Gasteiger partial charge in [-0.3, -0.25) is 9.59 Å². The lowest BCUT2D eigenvalue weighted by Crippen LogP contribution is -2.38. The summed E-state index contributed by atoms with van der Waals surface area (Å²) in [6.07, 6.45) is 6.77. The van der Waals surface area contributed by atoms with Crippen LogP contribution >= 0.6 is 0 Å². The molecule has 5 heterocycles. The summed E-state index contributed by atoms with van der Waals surface area (Å²) in [4.78, 5) is 34.2. The van der Waals surface area contributed by atoms with Crippen LogP contribution in [0.4, 0.5) is 0 Å². The van der Waals surface area contributed by atoms with Gasteiger partial charge < -0.3 is 14.5 Å². The number of fused-ring (bicyclic) bond motifs is 1. The highest BCUT2D eigenvalue weighted by Gasteiger charge is 2.37. The summed E-state index contributed by atoms with van der Waals surface area (Å²) in [7, 11) is 0. The minimum Gasteiger partial charge on any atom is -0.368 e. The van der Waals surface area contributed by atoms with Gasteiger partial charge in [-0.05, 0) is 64.4 Å². The first-order valence-electron chi connectivity index (χ1n) is 12.1. The van der Waals surface area contributed by atoms with Crippen molar-refractivity contribution >= 4 is 17.5 Å². The molecule has 2 amide bonds. The van der Waals surface area contributed by atoms with Crippen molar-refractivity contribution in [2.45, 2.75) is 77.4 Å². The third-order valence-electron chi connectivity index (χ3n) is 7.31. The largest absolute Gasteiger partial charge is 0.368 e. The smallest absolute Gasteiger partial charge is 0.252 e. The Morgan fingerprint density at radius 1 is 1.09 bits per heavy atom. The van der Waals surface area contributed by atoms with Gasteiger partial charge in [0.05, 0.1) is 11.7 Å². The Morgan fingerprint density at radius 2 is 1.91 bits per heavy atom. The van der Waals surface area contributed by atoms with E-state index in [0.29, 0.717) is 19.4 Å². The number of nitrogens with zero attached hydrogens (tertiary/aromatic N) is 5. The number of carbonyl (C=O) groups is 2. The van der Waals surface area contributed by atoms with Crippen LogP contribution in [0.25, 0.3) is 5.65 Å². The Kier molecular flexibility index (Phi) is 5.88. The SMILES string of the molecule is Cc1nc2cc([C@@H]3CCCN3C(=O)[C@H]3CCCO3)nn2c(C)c1CCC(=O)N1CCCC1. The van der Waals surface area contributed by atoms with E-state index in [4.69, 9.17) is 14.8 Å². The molecule has 0 bridgehead atoms. The van der Waals surface area contributed by atoms with Crippen LogP contribution in [0.5, 0.6) is 0 Å². The maximum atomic E-state index is 13.0. The number of aryl methyl sites for hydroxylation is 2. The highest BCUT2D eigenvalue weighted by atomic mass is 16.5. The first-order chi connectivity index (χ1) is 15.5. The van der Waals surface area contributed by atoms with Crippen molar-refractivity contribution in [2.24, 2.45) is 0 Å². The number of likely N-dealkylation sites (tertiary alicyclic amines) is 2. The molecule has 2 aromatic heterocycles. The molecular formula is C24H33N5O3. The zero-order valence-corrected chi connectivity index (χ0v) is 19.2. The maximum absolute atomic E-state index is 13.0. The zero-order chi connectivity index (χ0) is 22.2. The van der Waals surface area contributed by atoms with Gasteiger partial charge in [0.15, 0.2) is 5.65 Å². The summed E-state index contributed by atoms with van der Waals surface area (Å²) in [6, 6.07) is 2.00. The van der Waals surface area contributed by atoms with Crippen molar-refractivity contribution in [1.29, 1.82) is 0 Å². The van der Waals surface area contributed by atoms with Crippen molar-refractivity contribution in [2.75, 3.05) is 26.2 Å². The quantitative estimate of drug-likeness (QED) is 0.716. The lowest BCUT2D eigenvalue weighted by atomic mass is 10.1. The van der Waals surface area contributed by atoms with Crippen LogP contribution in [-0.4, -0.2) is 68.6 Å². The summed E-state index contributed by atoms with van der Waals surface area (Å²) in [5.74, 6) is 0.334. The lowest BCUT2D eigenvalue weighted by molar-refractivity contribution is -0.142. The fourth-order valence-corrected chi connectivity index (χ4v) is 5.52. The summed E-state index contributed by atoms with van der Waals surface area (Å²) in [6.45, 7) is 7.27. The van der Waals surface area contributed by atoms with Crippen LogP contribution in [0, 0.1) is 13.8 Å². The predicted molar refractivity (Wildman–Crippen MR) is 119 cm³/mol. The summed E-state index contributed by atoms with van der Waals surface area (Å²) < 4.78 is 7.54. The first kappa shape index (κ1) is 21.4. The average Bonchev–Trinajstić information content (AvgIpc) is 3.58. The second-order valence-electron chi connectivity index (χ2n) is 9.38. The van der Waals surface area contributed by atoms with E-state index in [2.05, 4.69) is 6.92 Å². The van der Waals surface area contributed by atoms with Gasteiger partial charge in [0, 0.05) is 50.1 Å². The Bertz CT molecular complexity index is 1020. The summed E-state index contributed by atoms with van der Waals surface area (Å²) in [5, 5.41) is 4.88. The molecule has 3 aliphatic heterocycles. The highest BCUT2D eigenvalue weighted by Crippen LogP contribution is 2.34. The zero-order valence-electron chi connectivity index (χ0n) is 19.2. The van der Waals surface area contributed by atoms with E-state index in [0.717, 1.165) is 86.5 Å². The molecule has 5 rings (SSSR count). The fourth-order valence-electron chi connectivity index (χ4n) is 5.52. The van der Waals surface area contributed by atoms with Crippen molar-refractivity contribution < 1.29 is 14.3 Å². The molecule has 0 aromatic carbocycles. The molecule has 172 valence electrons. The minimum atomic E-state index is -0.297. The van der Waals surface area contributed by atoms with E-state index >= 15 is 0 Å². The minimum absolute atomic E-state index is 0.0201.